The van der Waals surface area contributed by atoms with Crippen LogP contribution in [0.25, 0.3) is 10.9 Å². The molecule has 0 unspecified atom stereocenters. The number of ether oxygens (including phenoxy) is 1. The molecule has 0 radical (unpaired) electrons. The van der Waals surface area contributed by atoms with Crippen LogP contribution in [0.3, 0.4) is 0 Å². The fourth-order valence-electron chi connectivity index (χ4n) is 4.06. The van der Waals surface area contributed by atoms with Crippen molar-refractivity contribution in [2.75, 3.05) is 12.5 Å². The van der Waals surface area contributed by atoms with Crippen molar-refractivity contribution in [3.63, 3.8) is 0 Å². The Morgan fingerprint density at radius 3 is 2.74 bits per heavy atom. The van der Waals surface area contributed by atoms with E-state index in [0.29, 0.717) is 29.8 Å². The van der Waals surface area contributed by atoms with E-state index in [9.17, 15) is 13.7 Å². The molecule has 0 bridgehead atoms. The van der Waals surface area contributed by atoms with Crippen molar-refractivity contribution >= 4 is 26.3 Å². The van der Waals surface area contributed by atoms with Gasteiger partial charge in [-0.15, -0.1) is 0 Å². The van der Waals surface area contributed by atoms with Gasteiger partial charge in [-0.2, -0.15) is 4.36 Å². The first-order chi connectivity index (χ1) is 14.7. The molecule has 0 aliphatic heterocycles. The zero-order chi connectivity index (χ0) is 22.2. The predicted octanol–water partition coefficient (Wildman–Crippen LogP) is 4.32. The van der Waals surface area contributed by atoms with Gasteiger partial charge in [-0.1, -0.05) is 6.07 Å². The number of benzene rings is 2. The summed E-state index contributed by atoms with van der Waals surface area (Å²) in [5, 5.41) is 11.0. The van der Waals surface area contributed by atoms with E-state index in [-0.39, 0.29) is 11.9 Å². The highest BCUT2D eigenvalue weighted by molar-refractivity contribution is 7.92. The fraction of sp³-hybridized carbons (Fsp3) is 0.391. The number of fused-ring (bicyclic) bond motifs is 1. The van der Waals surface area contributed by atoms with Crippen molar-refractivity contribution in [2.45, 2.75) is 44.8 Å². The third-order valence-corrected chi connectivity index (χ3v) is 6.06. The van der Waals surface area contributed by atoms with Crippen molar-refractivity contribution < 1.29 is 18.4 Å². The van der Waals surface area contributed by atoms with Crippen LogP contribution in [0.5, 0.6) is 5.75 Å². The molecule has 164 valence electrons. The number of nitrogens with zero attached hydrogens (tertiary/aromatic N) is 3. The molecule has 1 aliphatic carbocycles. The molecule has 0 amide bonds. The molecular weight excluding hydrogens is 417 g/mol. The van der Waals surface area contributed by atoms with Crippen LogP contribution in [0.15, 0.2) is 41.0 Å². The molecule has 3 aromatic rings. The maximum absolute atomic E-state index is 14.0. The molecule has 0 saturated heterocycles. The summed E-state index contributed by atoms with van der Waals surface area (Å²) in [6, 6.07) is 8.14. The number of hydrogen-bond acceptors (Lipinski definition) is 6. The smallest absolute Gasteiger partial charge is 0.126 e. The Bertz CT molecular complexity index is 1250. The summed E-state index contributed by atoms with van der Waals surface area (Å²) in [6.45, 7) is 1.94. The molecular formula is C23H26FN3O3S. The van der Waals surface area contributed by atoms with Gasteiger partial charge < -0.3 is 9.84 Å². The van der Waals surface area contributed by atoms with Crippen LogP contribution >= 0.6 is 0 Å². The van der Waals surface area contributed by atoms with Crippen molar-refractivity contribution in [1.29, 1.82) is 0 Å². The highest BCUT2D eigenvalue weighted by Gasteiger charge is 2.28. The van der Waals surface area contributed by atoms with Crippen LogP contribution in [-0.2, 0) is 16.1 Å². The van der Waals surface area contributed by atoms with Gasteiger partial charge in [-0.25, -0.2) is 18.6 Å². The molecule has 2 atom stereocenters. The normalized spacial score (nSPS) is 19.0. The molecule has 0 spiro atoms. The van der Waals surface area contributed by atoms with Gasteiger partial charge >= 0.3 is 0 Å². The third kappa shape index (κ3) is 5.02. The first-order valence-corrected chi connectivity index (χ1v) is 12.6. The topological polar surface area (TPSA) is 84.7 Å². The zero-order valence-electron chi connectivity index (χ0n) is 17.8. The lowest BCUT2D eigenvalue weighted by Gasteiger charge is -2.20. The largest absolute Gasteiger partial charge is 0.487 e. The van der Waals surface area contributed by atoms with E-state index in [1.807, 2.05) is 13.0 Å². The fourth-order valence-corrected chi connectivity index (χ4v) is 4.68. The molecule has 1 aromatic heterocycles. The average molecular weight is 444 g/mol. The molecule has 31 heavy (non-hydrogen) atoms. The van der Waals surface area contributed by atoms with E-state index in [0.717, 1.165) is 35.0 Å². The Morgan fingerprint density at radius 2 is 2.03 bits per heavy atom. The van der Waals surface area contributed by atoms with Crippen molar-refractivity contribution in [2.24, 2.45) is 4.36 Å². The van der Waals surface area contributed by atoms with Crippen LogP contribution in [0.1, 0.15) is 36.1 Å². The average Bonchev–Trinajstić information content (AvgIpc) is 3.07. The van der Waals surface area contributed by atoms with E-state index >= 15 is 0 Å². The Hall–Kier alpha value is -2.58. The van der Waals surface area contributed by atoms with Gasteiger partial charge in [0.25, 0.3) is 0 Å². The Balaban J connectivity index is 1.73. The summed E-state index contributed by atoms with van der Waals surface area (Å²) >= 11 is 0. The number of rotatable bonds is 5. The standard InChI is InChI=1S/C23H26FN3O3S/c1-14-9-17(27-31(2,3)29)12-19-23(14)18(25-13-26-19)10-15-7-8-16(24)11-22(15)30-21-6-4-5-20(21)28/h7-9,11-13,20-21,28H,4-6,10H2,1-3H3/t20-,21-/m1/s1. The maximum Gasteiger partial charge on any atom is 0.126 e. The van der Waals surface area contributed by atoms with Crippen LogP contribution in [0.4, 0.5) is 10.1 Å². The Labute approximate surface area is 181 Å². The Morgan fingerprint density at radius 1 is 1.23 bits per heavy atom. The minimum absolute atomic E-state index is 0.327. The lowest BCUT2D eigenvalue weighted by Crippen LogP contribution is -2.26. The first kappa shape index (κ1) is 21.6. The molecule has 8 heteroatoms. The summed E-state index contributed by atoms with van der Waals surface area (Å²) in [4.78, 5) is 8.86. The zero-order valence-corrected chi connectivity index (χ0v) is 18.7. The van der Waals surface area contributed by atoms with Crippen LogP contribution in [0, 0.1) is 12.7 Å². The van der Waals surface area contributed by atoms with Crippen LogP contribution in [0.2, 0.25) is 0 Å². The molecule has 1 heterocycles. The van der Waals surface area contributed by atoms with Gasteiger partial charge in [-0.3, -0.25) is 0 Å². The first-order valence-electron chi connectivity index (χ1n) is 10.2. The van der Waals surface area contributed by atoms with E-state index in [1.165, 1.54) is 18.5 Å². The minimum Gasteiger partial charge on any atom is -0.487 e. The summed E-state index contributed by atoms with van der Waals surface area (Å²) in [6.07, 6.45) is 6.57. The molecule has 6 nitrogen and oxygen atoms in total. The second-order valence-electron chi connectivity index (χ2n) is 8.33. The number of aliphatic hydroxyl groups excluding tert-OH is 1. The number of aliphatic hydroxyl groups is 1. The lowest BCUT2D eigenvalue weighted by molar-refractivity contribution is 0.0596. The SMILES string of the molecule is Cc1cc(N=S(C)(C)=O)cc2ncnc(Cc3ccc(F)cc3O[C@@H]3CCC[C@H]3O)c12. The monoisotopic (exact) mass is 443 g/mol. The highest BCUT2D eigenvalue weighted by Crippen LogP contribution is 2.32. The minimum atomic E-state index is -2.29. The van der Waals surface area contributed by atoms with E-state index in [4.69, 9.17) is 4.74 Å². The summed E-state index contributed by atoms with van der Waals surface area (Å²) in [7, 11) is -2.29. The van der Waals surface area contributed by atoms with Gasteiger partial charge in [0.1, 0.15) is 24.0 Å². The summed E-state index contributed by atoms with van der Waals surface area (Å²) < 4.78 is 36.3. The number of halogens is 1. The Kier molecular flexibility index (Phi) is 5.94. The van der Waals surface area contributed by atoms with Gasteiger partial charge in [0, 0.05) is 45.7 Å². The molecule has 1 N–H and O–H groups in total. The maximum atomic E-state index is 14.0. The quantitative estimate of drug-likeness (QED) is 0.635. The predicted molar refractivity (Wildman–Crippen MR) is 120 cm³/mol. The van der Waals surface area contributed by atoms with Gasteiger partial charge in [0.05, 0.1) is 23.0 Å². The summed E-state index contributed by atoms with van der Waals surface area (Å²) in [5.74, 6) is 0.0441. The number of aryl methyl sites for hydroxylation is 1. The summed E-state index contributed by atoms with van der Waals surface area (Å²) in [5.41, 5.74) is 3.82. The van der Waals surface area contributed by atoms with Crippen molar-refractivity contribution in [3.8, 4) is 5.75 Å². The molecule has 1 saturated carbocycles. The molecule has 4 rings (SSSR count). The second-order valence-corrected chi connectivity index (χ2v) is 10.9. The van der Waals surface area contributed by atoms with E-state index in [1.54, 1.807) is 24.6 Å². The van der Waals surface area contributed by atoms with Gasteiger partial charge in [-0.05, 0) is 49.9 Å². The van der Waals surface area contributed by atoms with Crippen LogP contribution < -0.4 is 4.74 Å². The molecule has 2 aromatic carbocycles. The van der Waals surface area contributed by atoms with E-state index < -0.39 is 15.8 Å². The second kappa shape index (κ2) is 8.51. The molecule has 1 fully saturated rings. The number of aromatic nitrogens is 2. The highest BCUT2D eigenvalue weighted by atomic mass is 32.2. The van der Waals surface area contributed by atoms with Crippen LogP contribution in [-0.4, -0.2) is 44.0 Å². The lowest BCUT2D eigenvalue weighted by atomic mass is 10.0. The van der Waals surface area contributed by atoms with E-state index in [2.05, 4.69) is 14.3 Å². The van der Waals surface area contributed by atoms with Crippen molar-refractivity contribution in [3.05, 3.63) is 59.3 Å². The van der Waals surface area contributed by atoms with Crippen molar-refractivity contribution in [1.82, 2.24) is 9.97 Å². The molecule has 1 aliphatic rings. The number of hydrogen-bond donors (Lipinski definition) is 1. The van der Waals surface area contributed by atoms with Gasteiger partial charge in [0.15, 0.2) is 0 Å². The van der Waals surface area contributed by atoms with Gasteiger partial charge in [0.2, 0.25) is 0 Å². The third-order valence-electron chi connectivity index (χ3n) is 5.41.